The minimum atomic E-state index is -1.30. The molecule has 0 unspecified atom stereocenters. The van der Waals surface area contributed by atoms with Crippen LogP contribution in [0.5, 0.6) is 0 Å². The van der Waals surface area contributed by atoms with Crippen LogP contribution in [0.4, 0.5) is 0 Å². The standard InChI is InChI=1S/C15H11NO3S/c1-10-4-5-11(19-10)6-7-13(17)12(9-16)15(18)14-3-2-8-20-14/h2-8,12H,1H3/b7-6+/t12-/m1/s1. The molecule has 0 aliphatic carbocycles. The van der Waals surface area contributed by atoms with Crippen molar-refractivity contribution < 1.29 is 14.0 Å². The number of carbonyl (C=O) groups excluding carboxylic acids is 2. The maximum atomic E-state index is 12.0. The van der Waals surface area contributed by atoms with Crippen molar-refractivity contribution in [3.63, 3.8) is 0 Å². The van der Waals surface area contributed by atoms with Crippen molar-refractivity contribution in [2.24, 2.45) is 5.92 Å². The number of ketones is 2. The highest BCUT2D eigenvalue weighted by Crippen LogP contribution is 2.16. The molecule has 0 amide bonds. The molecule has 4 nitrogen and oxygen atoms in total. The first-order chi connectivity index (χ1) is 9.61. The predicted molar refractivity (Wildman–Crippen MR) is 75.2 cm³/mol. The van der Waals surface area contributed by atoms with Crippen molar-refractivity contribution in [1.29, 1.82) is 5.26 Å². The number of carbonyl (C=O) groups is 2. The molecule has 1 atom stereocenters. The van der Waals surface area contributed by atoms with Gasteiger partial charge in [0.1, 0.15) is 11.5 Å². The first-order valence-electron chi connectivity index (χ1n) is 5.87. The Morgan fingerprint density at radius 1 is 1.40 bits per heavy atom. The molecule has 2 heterocycles. The summed E-state index contributed by atoms with van der Waals surface area (Å²) in [5, 5.41) is 10.8. The van der Waals surface area contributed by atoms with Gasteiger partial charge >= 0.3 is 0 Å². The molecule has 0 spiro atoms. The van der Waals surface area contributed by atoms with Gasteiger partial charge in [0.2, 0.25) is 0 Å². The van der Waals surface area contributed by atoms with E-state index in [4.69, 9.17) is 9.68 Å². The van der Waals surface area contributed by atoms with Gasteiger partial charge in [0, 0.05) is 0 Å². The third-order valence-electron chi connectivity index (χ3n) is 2.61. The van der Waals surface area contributed by atoms with Gasteiger partial charge in [-0.2, -0.15) is 5.26 Å². The number of Topliss-reactive ketones (excluding diaryl/α,β-unsaturated/α-hetero) is 1. The minimum Gasteiger partial charge on any atom is -0.462 e. The van der Waals surface area contributed by atoms with E-state index in [1.807, 2.05) is 0 Å². The van der Waals surface area contributed by atoms with Gasteiger partial charge in [0.05, 0.1) is 10.9 Å². The fraction of sp³-hybridized carbons (Fsp3) is 0.133. The molecule has 5 heteroatoms. The molecule has 0 aliphatic heterocycles. The molecule has 20 heavy (non-hydrogen) atoms. The highest BCUT2D eigenvalue weighted by Gasteiger charge is 2.26. The van der Waals surface area contributed by atoms with Gasteiger partial charge < -0.3 is 4.42 Å². The minimum absolute atomic E-state index is 0.409. The topological polar surface area (TPSA) is 71.1 Å². The summed E-state index contributed by atoms with van der Waals surface area (Å²) >= 11 is 1.21. The average molecular weight is 285 g/mol. The smallest absolute Gasteiger partial charge is 0.197 e. The van der Waals surface area contributed by atoms with Crippen LogP contribution in [0.3, 0.4) is 0 Å². The molecule has 0 radical (unpaired) electrons. The van der Waals surface area contributed by atoms with E-state index in [2.05, 4.69) is 0 Å². The van der Waals surface area contributed by atoms with Crippen molar-refractivity contribution in [3.05, 3.63) is 52.1 Å². The van der Waals surface area contributed by atoms with Crippen molar-refractivity contribution in [3.8, 4) is 6.07 Å². The van der Waals surface area contributed by atoms with Gasteiger partial charge in [0.15, 0.2) is 17.5 Å². The van der Waals surface area contributed by atoms with Crippen LogP contribution in [0.2, 0.25) is 0 Å². The van der Waals surface area contributed by atoms with Crippen LogP contribution in [0, 0.1) is 24.2 Å². The second-order valence-corrected chi connectivity index (χ2v) is 5.04. The Balaban J connectivity index is 2.12. The van der Waals surface area contributed by atoms with Crippen LogP contribution >= 0.6 is 11.3 Å². The number of hydrogen-bond acceptors (Lipinski definition) is 5. The lowest BCUT2D eigenvalue weighted by atomic mass is 9.99. The summed E-state index contributed by atoms with van der Waals surface area (Å²) in [5.74, 6) is -1.08. The summed E-state index contributed by atoms with van der Waals surface area (Å²) in [5.41, 5.74) is 0. The van der Waals surface area contributed by atoms with Crippen LogP contribution < -0.4 is 0 Å². The summed E-state index contributed by atoms with van der Waals surface area (Å²) in [6.07, 6.45) is 2.67. The number of aryl methyl sites for hydroxylation is 1. The van der Waals surface area contributed by atoms with E-state index >= 15 is 0 Å². The molecule has 0 aromatic carbocycles. The van der Waals surface area contributed by atoms with E-state index in [1.54, 1.807) is 42.6 Å². The Hall–Kier alpha value is -2.45. The van der Waals surface area contributed by atoms with Gasteiger partial charge in [-0.05, 0) is 42.7 Å². The number of rotatable bonds is 5. The zero-order chi connectivity index (χ0) is 14.5. The lowest BCUT2D eigenvalue weighted by molar-refractivity contribution is -0.115. The molecule has 0 saturated heterocycles. The summed E-state index contributed by atoms with van der Waals surface area (Å²) in [4.78, 5) is 24.3. The lowest BCUT2D eigenvalue weighted by Gasteiger charge is -2.01. The number of nitriles is 1. The van der Waals surface area contributed by atoms with Gasteiger partial charge in [0.25, 0.3) is 0 Å². The number of nitrogens with zero attached hydrogens (tertiary/aromatic N) is 1. The zero-order valence-corrected chi connectivity index (χ0v) is 11.5. The van der Waals surface area contributed by atoms with Gasteiger partial charge in [-0.25, -0.2) is 0 Å². The molecular weight excluding hydrogens is 274 g/mol. The summed E-state index contributed by atoms with van der Waals surface area (Å²) in [6, 6.07) is 8.54. The summed E-state index contributed by atoms with van der Waals surface area (Å²) in [6.45, 7) is 1.79. The highest BCUT2D eigenvalue weighted by atomic mass is 32.1. The molecule has 0 N–H and O–H groups in total. The van der Waals surface area contributed by atoms with Crippen molar-refractivity contribution >= 4 is 29.0 Å². The largest absolute Gasteiger partial charge is 0.462 e. The molecular formula is C15H11NO3S. The lowest BCUT2D eigenvalue weighted by Crippen LogP contribution is -2.20. The van der Waals surface area contributed by atoms with E-state index in [0.717, 1.165) is 5.76 Å². The first-order valence-corrected chi connectivity index (χ1v) is 6.75. The first kappa shape index (κ1) is 14.0. The molecule has 0 aliphatic rings. The molecule has 0 saturated carbocycles. The van der Waals surface area contributed by atoms with E-state index in [1.165, 1.54) is 23.5 Å². The van der Waals surface area contributed by atoms with Crippen molar-refractivity contribution in [2.75, 3.05) is 0 Å². The Morgan fingerprint density at radius 2 is 2.20 bits per heavy atom. The van der Waals surface area contributed by atoms with Crippen LogP contribution in [0.25, 0.3) is 6.08 Å². The second kappa shape index (κ2) is 6.13. The maximum Gasteiger partial charge on any atom is 0.197 e. The second-order valence-electron chi connectivity index (χ2n) is 4.09. The van der Waals surface area contributed by atoms with E-state index < -0.39 is 17.5 Å². The monoisotopic (exact) mass is 285 g/mol. The van der Waals surface area contributed by atoms with Gasteiger partial charge in [-0.15, -0.1) is 11.3 Å². The van der Waals surface area contributed by atoms with Crippen LogP contribution in [0.15, 0.2) is 40.1 Å². The van der Waals surface area contributed by atoms with Crippen LogP contribution in [0.1, 0.15) is 21.2 Å². The van der Waals surface area contributed by atoms with Gasteiger partial charge in [-0.3, -0.25) is 9.59 Å². The maximum absolute atomic E-state index is 12.0. The zero-order valence-electron chi connectivity index (χ0n) is 10.7. The van der Waals surface area contributed by atoms with Gasteiger partial charge in [-0.1, -0.05) is 6.07 Å². The molecule has 0 bridgehead atoms. The summed E-state index contributed by atoms with van der Waals surface area (Å²) in [7, 11) is 0. The Labute approximate surface area is 120 Å². The molecule has 0 fully saturated rings. The normalized spacial score (nSPS) is 12.2. The average Bonchev–Trinajstić information content (AvgIpc) is 3.08. The van der Waals surface area contributed by atoms with Crippen molar-refractivity contribution in [1.82, 2.24) is 0 Å². The molecule has 2 aromatic heterocycles. The number of allylic oxidation sites excluding steroid dienone is 1. The van der Waals surface area contributed by atoms with Crippen LogP contribution in [-0.4, -0.2) is 11.6 Å². The molecule has 2 rings (SSSR count). The quantitative estimate of drug-likeness (QED) is 0.480. The third-order valence-corrected chi connectivity index (χ3v) is 3.50. The van der Waals surface area contributed by atoms with Crippen LogP contribution in [-0.2, 0) is 4.79 Å². The number of furan rings is 1. The van der Waals surface area contributed by atoms with E-state index in [0.29, 0.717) is 10.6 Å². The third kappa shape index (κ3) is 3.11. The fourth-order valence-electron chi connectivity index (χ4n) is 1.62. The number of hydrogen-bond donors (Lipinski definition) is 0. The predicted octanol–water partition coefficient (Wildman–Crippen LogP) is 3.25. The van der Waals surface area contributed by atoms with E-state index in [-0.39, 0.29) is 0 Å². The Kier molecular flexibility index (Phi) is 4.28. The molecule has 100 valence electrons. The highest BCUT2D eigenvalue weighted by molar-refractivity contribution is 7.12. The van der Waals surface area contributed by atoms with E-state index in [9.17, 15) is 9.59 Å². The van der Waals surface area contributed by atoms with Crippen molar-refractivity contribution in [2.45, 2.75) is 6.92 Å². The Bertz CT molecular complexity index is 689. The Morgan fingerprint density at radius 3 is 2.75 bits per heavy atom. The summed E-state index contributed by atoms with van der Waals surface area (Å²) < 4.78 is 5.28. The number of thiophene rings is 1. The molecule has 2 aromatic rings. The fourth-order valence-corrected chi connectivity index (χ4v) is 2.31. The SMILES string of the molecule is Cc1ccc(/C=C/C(=O)[C@@H](C#N)C(=O)c2cccs2)o1.